The van der Waals surface area contributed by atoms with Gasteiger partial charge in [0.25, 0.3) is 11.8 Å². The number of hydrogen-bond donors (Lipinski definition) is 0. The maximum Gasteiger partial charge on any atom is 0.262 e. The maximum absolute atomic E-state index is 12.7. The van der Waals surface area contributed by atoms with E-state index < -0.39 is 11.8 Å². The molecule has 3 amide bonds. The number of carbonyl (C=O) groups excluding carboxylic acids is 3. The van der Waals surface area contributed by atoms with Crippen molar-refractivity contribution in [3.05, 3.63) is 71.3 Å². The van der Waals surface area contributed by atoms with Gasteiger partial charge in [-0.3, -0.25) is 19.3 Å². The van der Waals surface area contributed by atoms with E-state index in [0.29, 0.717) is 24.2 Å². The maximum atomic E-state index is 12.7. The van der Waals surface area contributed by atoms with Gasteiger partial charge in [-0.15, -0.1) is 0 Å². The Hall–Kier alpha value is -2.95. The van der Waals surface area contributed by atoms with Crippen LogP contribution in [0.3, 0.4) is 0 Å². The lowest BCUT2D eigenvalue weighted by Gasteiger charge is -2.24. The molecule has 3 rings (SSSR count). The molecule has 1 aliphatic rings. The van der Waals surface area contributed by atoms with Crippen LogP contribution in [0.1, 0.15) is 39.6 Å². The zero-order valence-electron chi connectivity index (χ0n) is 14.1. The molecule has 1 aliphatic heterocycles. The second-order valence-electron chi connectivity index (χ2n) is 6.04. The van der Waals surface area contributed by atoms with Crippen molar-refractivity contribution < 1.29 is 14.4 Å². The van der Waals surface area contributed by atoms with E-state index in [9.17, 15) is 14.4 Å². The average molecular weight is 336 g/mol. The zero-order chi connectivity index (χ0) is 17.8. The molecule has 0 fully saturated rings. The number of rotatable bonds is 6. The normalized spacial score (nSPS) is 13.1. The van der Waals surface area contributed by atoms with Gasteiger partial charge in [-0.25, -0.2) is 0 Å². The minimum absolute atomic E-state index is 0.222. The summed E-state index contributed by atoms with van der Waals surface area (Å²) in [5.74, 6) is -1.02. The monoisotopic (exact) mass is 336 g/mol. The first-order valence-corrected chi connectivity index (χ1v) is 8.38. The van der Waals surface area contributed by atoms with E-state index in [1.165, 1.54) is 0 Å². The highest BCUT2D eigenvalue weighted by Crippen LogP contribution is 2.22. The van der Waals surface area contributed by atoms with Crippen LogP contribution in [0, 0.1) is 0 Å². The molecule has 5 nitrogen and oxygen atoms in total. The number of nitrogens with zero attached hydrogens (tertiary/aromatic N) is 2. The lowest BCUT2D eigenvalue weighted by atomic mass is 10.1. The lowest BCUT2D eigenvalue weighted by Crippen LogP contribution is -2.42. The molecule has 0 bridgehead atoms. The van der Waals surface area contributed by atoms with Crippen LogP contribution in [0.2, 0.25) is 0 Å². The first-order valence-electron chi connectivity index (χ1n) is 8.38. The molecule has 1 heterocycles. The molecular weight excluding hydrogens is 316 g/mol. The Morgan fingerprint density at radius 3 is 2.04 bits per heavy atom. The van der Waals surface area contributed by atoms with Crippen molar-refractivity contribution >= 4 is 17.7 Å². The summed E-state index contributed by atoms with van der Waals surface area (Å²) in [6.07, 6.45) is 0.806. The molecule has 0 saturated heterocycles. The Labute approximate surface area is 146 Å². The van der Waals surface area contributed by atoms with Crippen molar-refractivity contribution in [2.75, 3.05) is 13.1 Å². The van der Waals surface area contributed by atoms with Crippen molar-refractivity contribution in [2.24, 2.45) is 0 Å². The van der Waals surface area contributed by atoms with Gasteiger partial charge in [-0.1, -0.05) is 49.4 Å². The molecule has 25 heavy (non-hydrogen) atoms. The van der Waals surface area contributed by atoms with Crippen molar-refractivity contribution in [3.8, 4) is 0 Å². The Kier molecular flexibility index (Phi) is 4.93. The van der Waals surface area contributed by atoms with Crippen molar-refractivity contribution in [1.82, 2.24) is 9.80 Å². The summed E-state index contributed by atoms with van der Waals surface area (Å²) in [5.41, 5.74) is 1.75. The average Bonchev–Trinajstić information content (AvgIpc) is 2.87. The third-order valence-electron chi connectivity index (χ3n) is 4.23. The van der Waals surface area contributed by atoms with Crippen LogP contribution in [-0.4, -0.2) is 40.6 Å². The zero-order valence-corrected chi connectivity index (χ0v) is 14.1. The predicted octanol–water partition coefficient (Wildman–Crippen LogP) is 2.72. The molecule has 0 aromatic heterocycles. The SMILES string of the molecule is CCCN(Cc1ccccc1)C(=O)CN1C(=O)c2ccccc2C1=O. The van der Waals surface area contributed by atoms with E-state index in [1.807, 2.05) is 37.3 Å². The van der Waals surface area contributed by atoms with Gasteiger partial charge in [0.2, 0.25) is 5.91 Å². The highest BCUT2D eigenvalue weighted by atomic mass is 16.2. The molecule has 0 saturated carbocycles. The van der Waals surface area contributed by atoms with Crippen LogP contribution in [0.4, 0.5) is 0 Å². The molecule has 2 aromatic carbocycles. The molecule has 0 N–H and O–H groups in total. The summed E-state index contributed by atoms with van der Waals surface area (Å²) in [7, 11) is 0. The van der Waals surface area contributed by atoms with E-state index in [2.05, 4.69) is 0 Å². The number of benzene rings is 2. The fourth-order valence-electron chi connectivity index (χ4n) is 2.98. The summed E-state index contributed by atoms with van der Waals surface area (Å²) < 4.78 is 0. The quantitative estimate of drug-likeness (QED) is 0.762. The number of fused-ring (bicyclic) bond motifs is 1. The minimum Gasteiger partial charge on any atom is -0.337 e. The van der Waals surface area contributed by atoms with Crippen molar-refractivity contribution in [3.63, 3.8) is 0 Å². The van der Waals surface area contributed by atoms with E-state index in [4.69, 9.17) is 0 Å². The Balaban J connectivity index is 1.74. The van der Waals surface area contributed by atoms with Gasteiger partial charge in [-0.05, 0) is 24.1 Å². The number of amides is 3. The minimum atomic E-state index is -0.398. The molecule has 2 aromatic rings. The lowest BCUT2D eigenvalue weighted by molar-refractivity contribution is -0.132. The summed E-state index contributed by atoms with van der Waals surface area (Å²) in [4.78, 5) is 40.3. The van der Waals surface area contributed by atoms with Crippen LogP contribution < -0.4 is 0 Å². The second kappa shape index (κ2) is 7.30. The summed E-state index contributed by atoms with van der Waals surface area (Å²) in [6, 6.07) is 16.4. The Bertz CT molecular complexity index is 767. The van der Waals surface area contributed by atoms with Gasteiger partial charge in [0.05, 0.1) is 11.1 Å². The summed E-state index contributed by atoms with van der Waals surface area (Å²) in [5, 5.41) is 0. The predicted molar refractivity (Wildman–Crippen MR) is 94.0 cm³/mol. The molecule has 0 spiro atoms. The van der Waals surface area contributed by atoms with Gasteiger partial charge in [0.1, 0.15) is 6.54 Å². The Morgan fingerprint density at radius 2 is 1.48 bits per heavy atom. The Morgan fingerprint density at radius 1 is 0.920 bits per heavy atom. The molecule has 0 atom stereocenters. The van der Waals surface area contributed by atoms with Gasteiger partial charge < -0.3 is 4.90 Å². The molecule has 128 valence electrons. The summed E-state index contributed by atoms with van der Waals surface area (Å²) in [6.45, 7) is 2.82. The van der Waals surface area contributed by atoms with E-state index in [-0.39, 0.29) is 12.5 Å². The standard InChI is InChI=1S/C20H20N2O3/c1-2-12-21(13-15-8-4-3-5-9-15)18(23)14-22-19(24)16-10-6-7-11-17(16)20(22)25/h3-11H,2,12-14H2,1H3. The fourth-order valence-corrected chi connectivity index (χ4v) is 2.98. The van der Waals surface area contributed by atoms with Gasteiger partial charge >= 0.3 is 0 Å². The second-order valence-corrected chi connectivity index (χ2v) is 6.04. The molecule has 5 heteroatoms. The number of imide groups is 1. The largest absolute Gasteiger partial charge is 0.337 e. The van der Waals surface area contributed by atoms with Crippen LogP contribution >= 0.6 is 0 Å². The first-order chi connectivity index (χ1) is 12.1. The van der Waals surface area contributed by atoms with Gasteiger partial charge in [0.15, 0.2) is 0 Å². The van der Waals surface area contributed by atoms with Crippen LogP contribution in [0.25, 0.3) is 0 Å². The first kappa shape index (κ1) is 16.9. The van der Waals surface area contributed by atoms with Gasteiger partial charge in [0, 0.05) is 13.1 Å². The van der Waals surface area contributed by atoms with E-state index in [0.717, 1.165) is 16.9 Å². The van der Waals surface area contributed by atoms with Gasteiger partial charge in [-0.2, -0.15) is 0 Å². The molecular formula is C20H20N2O3. The molecule has 0 unspecified atom stereocenters. The van der Waals surface area contributed by atoms with E-state index >= 15 is 0 Å². The highest BCUT2D eigenvalue weighted by Gasteiger charge is 2.36. The topological polar surface area (TPSA) is 57.7 Å². The van der Waals surface area contributed by atoms with Crippen molar-refractivity contribution in [1.29, 1.82) is 0 Å². The molecule has 0 radical (unpaired) electrons. The number of hydrogen-bond acceptors (Lipinski definition) is 3. The summed E-state index contributed by atoms with van der Waals surface area (Å²) >= 11 is 0. The smallest absolute Gasteiger partial charge is 0.262 e. The van der Waals surface area contributed by atoms with Crippen molar-refractivity contribution in [2.45, 2.75) is 19.9 Å². The van der Waals surface area contributed by atoms with Crippen LogP contribution in [-0.2, 0) is 11.3 Å². The number of carbonyl (C=O) groups is 3. The van der Waals surface area contributed by atoms with E-state index in [1.54, 1.807) is 29.2 Å². The highest BCUT2D eigenvalue weighted by molar-refractivity contribution is 6.22. The van der Waals surface area contributed by atoms with Crippen LogP contribution in [0.5, 0.6) is 0 Å². The van der Waals surface area contributed by atoms with Crippen LogP contribution in [0.15, 0.2) is 54.6 Å². The molecule has 0 aliphatic carbocycles. The third-order valence-corrected chi connectivity index (χ3v) is 4.23. The fraction of sp³-hybridized carbons (Fsp3) is 0.250. The third kappa shape index (κ3) is 3.45.